The van der Waals surface area contributed by atoms with Crippen LogP contribution in [0.15, 0.2) is 11.6 Å². The average Bonchev–Trinajstić information content (AvgIpc) is 2.03. The predicted molar refractivity (Wildman–Crippen MR) is 37.0 cm³/mol. The molecular weight excluding hydrogens is 235 g/mol. The van der Waals surface area contributed by atoms with Gasteiger partial charge >= 0.3 is 18.0 Å². The summed E-state index contributed by atoms with van der Waals surface area (Å²) in [4.78, 5) is 10.3. The molecule has 0 aromatic rings. The van der Waals surface area contributed by atoms with E-state index in [2.05, 4.69) is 11.3 Å². The van der Waals surface area contributed by atoms with Gasteiger partial charge in [0.2, 0.25) is 0 Å². The highest BCUT2D eigenvalue weighted by Gasteiger charge is 2.60. The zero-order valence-electron chi connectivity index (χ0n) is 6.50. The Kier molecular flexibility index (Phi) is 3.87. The van der Waals surface area contributed by atoms with Crippen molar-refractivity contribution in [3.8, 4) is 0 Å². The largest absolute Gasteiger partial charge is 0.469 e. The Hall–Kier alpha value is -0.850. The van der Waals surface area contributed by atoms with Crippen LogP contribution in [-0.2, 0) is 9.53 Å². The summed E-state index contributed by atoms with van der Waals surface area (Å²) in [6.07, 6.45) is -5.25. The van der Waals surface area contributed by atoms with Crippen molar-refractivity contribution in [1.29, 1.82) is 0 Å². The molecule has 0 aromatic heterocycles. The van der Waals surface area contributed by atoms with Crippen molar-refractivity contribution < 1.29 is 31.5 Å². The van der Waals surface area contributed by atoms with Gasteiger partial charge in [-0.3, -0.25) is 0 Å². The van der Waals surface area contributed by atoms with Gasteiger partial charge in [0.25, 0.3) is 0 Å². The van der Waals surface area contributed by atoms with Gasteiger partial charge in [-0.25, -0.2) is 9.18 Å². The lowest BCUT2D eigenvalue weighted by Crippen LogP contribution is -2.45. The zero-order chi connectivity index (χ0) is 11.6. The Morgan fingerprint density at radius 3 is 2.07 bits per heavy atom. The van der Waals surface area contributed by atoms with E-state index < -0.39 is 29.7 Å². The van der Waals surface area contributed by atoms with Gasteiger partial charge in [-0.2, -0.15) is 17.6 Å². The van der Waals surface area contributed by atoms with Crippen LogP contribution in [0.25, 0.3) is 0 Å². The van der Waals surface area contributed by atoms with Crippen LogP contribution >= 0.6 is 11.6 Å². The summed E-state index contributed by atoms with van der Waals surface area (Å²) in [6.45, 7) is 0.00137. The van der Waals surface area contributed by atoms with Crippen LogP contribution in [0.3, 0.4) is 0 Å². The van der Waals surface area contributed by atoms with Gasteiger partial charge in [0.1, 0.15) is 5.03 Å². The molecule has 0 fully saturated rings. The van der Waals surface area contributed by atoms with E-state index in [9.17, 15) is 26.7 Å². The number of hydrogen-bond donors (Lipinski definition) is 0. The first kappa shape index (κ1) is 13.2. The monoisotopic (exact) mass is 238 g/mol. The molecule has 8 heteroatoms. The predicted octanol–water partition coefficient (Wildman–Crippen LogP) is 2.48. The highest BCUT2D eigenvalue weighted by Crippen LogP contribution is 2.36. The fourth-order valence-electron chi connectivity index (χ4n) is 0.324. The number of alkyl halides is 5. The van der Waals surface area contributed by atoms with E-state index >= 15 is 0 Å². The van der Waals surface area contributed by atoms with Gasteiger partial charge in [-0.1, -0.05) is 18.2 Å². The van der Waals surface area contributed by atoms with E-state index in [4.69, 9.17) is 11.6 Å². The lowest BCUT2D eigenvalue weighted by molar-refractivity contribution is -0.331. The molecule has 0 saturated heterocycles. The minimum Gasteiger partial charge on any atom is -0.392 e. The summed E-state index contributed by atoms with van der Waals surface area (Å²) in [6, 6.07) is 0. The molecule has 0 atom stereocenters. The molecule has 82 valence electrons. The maximum absolute atomic E-state index is 12.3. The molecule has 0 amide bonds. The van der Waals surface area contributed by atoms with Crippen molar-refractivity contribution in [2.24, 2.45) is 0 Å². The molecule has 0 aliphatic carbocycles. The van der Waals surface area contributed by atoms with Gasteiger partial charge in [-0.15, -0.1) is 0 Å². The highest BCUT2D eigenvalue weighted by molar-refractivity contribution is 6.40. The van der Waals surface area contributed by atoms with Crippen molar-refractivity contribution in [1.82, 2.24) is 0 Å². The fourth-order valence-corrected chi connectivity index (χ4v) is 0.363. The third-order valence-electron chi connectivity index (χ3n) is 1.04. The van der Waals surface area contributed by atoms with Crippen LogP contribution < -0.4 is 0 Å². The number of carbonyl (C=O) groups excluding carboxylic acids is 1. The minimum atomic E-state index is -5.25. The maximum Gasteiger partial charge on any atom is 0.469 e. The SMILES string of the molecule is C=C(Cl)C(=O)OC(F)(F)C(F)(F)CF. The smallest absolute Gasteiger partial charge is 0.392 e. The zero-order valence-corrected chi connectivity index (χ0v) is 7.25. The summed E-state index contributed by atoms with van der Waals surface area (Å²) < 4.78 is 63.1. The summed E-state index contributed by atoms with van der Waals surface area (Å²) in [5.74, 6) is -7.03. The van der Waals surface area contributed by atoms with Crippen molar-refractivity contribution in [2.75, 3.05) is 6.67 Å². The topological polar surface area (TPSA) is 26.3 Å². The molecule has 0 heterocycles. The van der Waals surface area contributed by atoms with E-state index in [1.165, 1.54) is 0 Å². The van der Waals surface area contributed by atoms with E-state index in [1.54, 1.807) is 0 Å². The number of halogens is 6. The van der Waals surface area contributed by atoms with Gasteiger partial charge in [0, 0.05) is 0 Å². The van der Waals surface area contributed by atoms with Crippen LogP contribution in [0.2, 0.25) is 0 Å². The molecule has 2 nitrogen and oxygen atoms in total. The molecule has 14 heavy (non-hydrogen) atoms. The Balaban J connectivity index is 4.65. The maximum atomic E-state index is 12.3. The van der Waals surface area contributed by atoms with Gasteiger partial charge in [0.05, 0.1) is 0 Å². The van der Waals surface area contributed by atoms with Crippen LogP contribution in [-0.4, -0.2) is 24.7 Å². The Labute approximate surface area is 80.3 Å². The summed E-state index contributed by atoms with van der Waals surface area (Å²) in [7, 11) is 0. The summed E-state index contributed by atoms with van der Waals surface area (Å²) in [5, 5.41) is -1.01. The van der Waals surface area contributed by atoms with E-state index in [-0.39, 0.29) is 0 Å². The number of rotatable bonds is 4. The van der Waals surface area contributed by atoms with E-state index in [0.717, 1.165) is 0 Å². The first-order valence-electron chi connectivity index (χ1n) is 3.03. The standard InChI is InChI=1S/C6H4ClF5O2/c1-3(7)4(13)14-6(11,12)5(9,10)2-8/h1-2H2. The van der Waals surface area contributed by atoms with Crippen LogP contribution in [0, 0.1) is 0 Å². The second-order valence-electron chi connectivity index (χ2n) is 2.15. The van der Waals surface area contributed by atoms with E-state index in [1.807, 2.05) is 0 Å². The van der Waals surface area contributed by atoms with Crippen molar-refractivity contribution >= 4 is 17.6 Å². The van der Waals surface area contributed by atoms with Gasteiger partial charge < -0.3 is 4.74 Å². The molecule has 0 spiro atoms. The number of esters is 1. The highest BCUT2D eigenvalue weighted by atomic mass is 35.5. The lowest BCUT2D eigenvalue weighted by atomic mass is 10.3. The quantitative estimate of drug-likeness (QED) is 0.427. The Morgan fingerprint density at radius 2 is 1.79 bits per heavy atom. The van der Waals surface area contributed by atoms with Crippen LogP contribution in [0.4, 0.5) is 22.0 Å². The fraction of sp³-hybridized carbons (Fsp3) is 0.500. The normalized spacial score (nSPS) is 12.4. The van der Waals surface area contributed by atoms with Crippen molar-refractivity contribution in [3.63, 3.8) is 0 Å². The molecule has 0 aliphatic heterocycles. The Bertz CT molecular complexity index is 253. The molecule has 0 unspecified atom stereocenters. The molecule has 0 radical (unpaired) electrons. The third-order valence-corrected chi connectivity index (χ3v) is 1.19. The van der Waals surface area contributed by atoms with Crippen LogP contribution in [0.1, 0.15) is 0 Å². The lowest BCUT2D eigenvalue weighted by Gasteiger charge is -2.22. The molecule has 0 bridgehead atoms. The molecule has 0 rings (SSSR count). The summed E-state index contributed by atoms with van der Waals surface area (Å²) >= 11 is 4.79. The molecule has 0 N–H and O–H groups in total. The number of hydrogen-bond acceptors (Lipinski definition) is 2. The van der Waals surface area contributed by atoms with E-state index in [0.29, 0.717) is 0 Å². The molecular formula is C6H4ClF5O2. The van der Waals surface area contributed by atoms with Gasteiger partial charge in [-0.05, 0) is 0 Å². The Morgan fingerprint density at radius 1 is 1.36 bits per heavy atom. The minimum absolute atomic E-state index is 1.01. The number of carbonyl (C=O) groups is 1. The second-order valence-corrected chi connectivity index (χ2v) is 2.61. The number of ether oxygens (including phenoxy) is 1. The molecule has 0 aliphatic rings. The average molecular weight is 239 g/mol. The van der Waals surface area contributed by atoms with Gasteiger partial charge in [0.15, 0.2) is 6.67 Å². The molecule has 0 aromatic carbocycles. The van der Waals surface area contributed by atoms with Crippen molar-refractivity contribution in [3.05, 3.63) is 11.6 Å². The second kappa shape index (κ2) is 4.12. The summed E-state index contributed by atoms with van der Waals surface area (Å²) in [5.41, 5.74) is 0. The third kappa shape index (κ3) is 2.83. The van der Waals surface area contributed by atoms with Crippen molar-refractivity contribution in [2.45, 2.75) is 12.0 Å². The molecule has 0 saturated carbocycles. The first-order chi connectivity index (χ1) is 6.14. The first-order valence-corrected chi connectivity index (χ1v) is 3.41. The van der Waals surface area contributed by atoms with Crippen LogP contribution in [0.5, 0.6) is 0 Å².